The van der Waals surface area contributed by atoms with E-state index in [0.717, 1.165) is 10.7 Å². The molecule has 25 heavy (non-hydrogen) atoms. The molecule has 0 unspecified atom stereocenters. The number of nitrogens with zero attached hydrogens (tertiary/aromatic N) is 4. The molecular weight excluding hydrogens is 356 g/mol. The first-order valence-corrected chi connectivity index (χ1v) is 7.22. The van der Waals surface area contributed by atoms with E-state index in [4.69, 9.17) is 16.0 Å². The van der Waals surface area contributed by atoms with Crippen LogP contribution in [0.25, 0.3) is 16.8 Å². The van der Waals surface area contributed by atoms with Gasteiger partial charge in [0.25, 0.3) is 5.69 Å². The van der Waals surface area contributed by atoms with Gasteiger partial charge < -0.3 is 4.42 Å². The zero-order valence-corrected chi connectivity index (χ0v) is 13.6. The van der Waals surface area contributed by atoms with Crippen LogP contribution in [0.3, 0.4) is 0 Å². The Morgan fingerprint density at radius 3 is 2.48 bits per heavy atom. The molecule has 0 radical (unpaired) electrons. The quantitative estimate of drug-likeness (QED) is 0.514. The van der Waals surface area contributed by atoms with Gasteiger partial charge in [0.1, 0.15) is 5.69 Å². The minimum Gasteiger partial charge on any atom is -0.398 e. The van der Waals surface area contributed by atoms with Gasteiger partial charge in [0.15, 0.2) is 0 Å². The lowest BCUT2D eigenvalue weighted by Crippen LogP contribution is -2.10. The summed E-state index contributed by atoms with van der Waals surface area (Å²) in [4.78, 5) is 32.8. The minimum absolute atomic E-state index is 0.0175. The molecule has 0 aliphatic heterocycles. The Balaban J connectivity index is 2.44. The maximum atomic E-state index is 12.0. The van der Waals surface area contributed by atoms with E-state index in [1.165, 1.54) is 19.1 Å². The van der Waals surface area contributed by atoms with Crippen molar-refractivity contribution in [1.29, 1.82) is 0 Å². The molecule has 0 saturated heterocycles. The molecule has 3 rings (SSSR count). The summed E-state index contributed by atoms with van der Waals surface area (Å²) in [5.74, 6) is 0. The third kappa shape index (κ3) is 2.52. The highest BCUT2D eigenvalue weighted by Crippen LogP contribution is 2.32. The SMILES string of the molecule is Cc1nn(-c2ccc(Cl)cc2[N+](=O)[O-])c2oc(=O)c([N+](=O)[O-])c(C)c12. The molecule has 0 aliphatic carbocycles. The molecule has 11 heteroatoms. The number of nitro groups is 2. The Hall–Kier alpha value is -3.27. The van der Waals surface area contributed by atoms with Crippen molar-refractivity contribution in [2.24, 2.45) is 0 Å². The second-order valence-electron chi connectivity index (χ2n) is 5.19. The van der Waals surface area contributed by atoms with Crippen molar-refractivity contribution < 1.29 is 14.3 Å². The topological polar surface area (TPSA) is 134 Å². The number of halogens is 1. The number of aryl methyl sites for hydroxylation is 2. The van der Waals surface area contributed by atoms with Gasteiger partial charge in [0.2, 0.25) is 5.71 Å². The zero-order chi connectivity index (χ0) is 18.5. The highest BCUT2D eigenvalue weighted by Gasteiger charge is 2.28. The molecule has 1 aromatic carbocycles. The van der Waals surface area contributed by atoms with E-state index < -0.39 is 21.2 Å². The lowest BCUT2D eigenvalue weighted by molar-refractivity contribution is -0.387. The molecule has 0 N–H and O–H groups in total. The minimum atomic E-state index is -1.16. The fourth-order valence-corrected chi connectivity index (χ4v) is 2.80. The number of aromatic nitrogens is 2. The summed E-state index contributed by atoms with van der Waals surface area (Å²) in [6, 6.07) is 3.91. The average molecular weight is 365 g/mol. The van der Waals surface area contributed by atoms with Crippen LogP contribution < -0.4 is 5.63 Å². The first-order valence-electron chi connectivity index (χ1n) is 6.84. The summed E-state index contributed by atoms with van der Waals surface area (Å²) < 4.78 is 6.12. The van der Waals surface area contributed by atoms with E-state index in [9.17, 15) is 25.0 Å². The number of hydrogen-bond acceptors (Lipinski definition) is 7. The second kappa shape index (κ2) is 5.67. The van der Waals surface area contributed by atoms with Gasteiger partial charge in [0.05, 0.1) is 20.9 Å². The van der Waals surface area contributed by atoms with Crippen LogP contribution in [0.15, 0.2) is 27.4 Å². The summed E-state index contributed by atoms with van der Waals surface area (Å²) in [6.07, 6.45) is 0. The van der Waals surface area contributed by atoms with Gasteiger partial charge in [-0.1, -0.05) is 11.6 Å². The van der Waals surface area contributed by atoms with Gasteiger partial charge in [-0.3, -0.25) is 20.2 Å². The molecule has 0 amide bonds. The maximum Gasteiger partial charge on any atom is 0.416 e. The lowest BCUT2D eigenvalue weighted by atomic mass is 10.1. The van der Waals surface area contributed by atoms with Crippen LogP contribution in [0.1, 0.15) is 11.3 Å². The Labute approximate surface area is 143 Å². The van der Waals surface area contributed by atoms with Crippen molar-refractivity contribution in [1.82, 2.24) is 9.78 Å². The van der Waals surface area contributed by atoms with E-state index in [1.54, 1.807) is 6.92 Å². The maximum absolute atomic E-state index is 12.0. The van der Waals surface area contributed by atoms with E-state index >= 15 is 0 Å². The molecule has 10 nitrogen and oxygen atoms in total. The van der Waals surface area contributed by atoms with Gasteiger partial charge in [-0.25, -0.2) is 4.79 Å². The van der Waals surface area contributed by atoms with Crippen molar-refractivity contribution >= 4 is 34.1 Å². The van der Waals surface area contributed by atoms with Crippen LogP contribution in [0.4, 0.5) is 11.4 Å². The molecule has 128 valence electrons. The van der Waals surface area contributed by atoms with Crippen LogP contribution in [-0.4, -0.2) is 19.6 Å². The predicted molar refractivity (Wildman–Crippen MR) is 87.4 cm³/mol. The van der Waals surface area contributed by atoms with Crippen LogP contribution >= 0.6 is 11.6 Å². The fourth-order valence-electron chi connectivity index (χ4n) is 2.64. The summed E-state index contributed by atoms with van der Waals surface area (Å²) in [7, 11) is 0. The smallest absolute Gasteiger partial charge is 0.398 e. The summed E-state index contributed by atoms with van der Waals surface area (Å²) in [6.45, 7) is 2.95. The van der Waals surface area contributed by atoms with Gasteiger partial charge in [-0.05, 0) is 26.0 Å². The van der Waals surface area contributed by atoms with Crippen LogP contribution in [0, 0.1) is 34.1 Å². The van der Waals surface area contributed by atoms with Crippen molar-refractivity contribution in [2.45, 2.75) is 13.8 Å². The van der Waals surface area contributed by atoms with Gasteiger partial charge >= 0.3 is 11.3 Å². The summed E-state index contributed by atoms with van der Waals surface area (Å²) in [5.41, 5.74) is -1.90. The lowest BCUT2D eigenvalue weighted by Gasteiger charge is -2.04. The Bertz CT molecular complexity index is 1120. The van der Waals surface area contributed by atoms with Crippen molar-refractivity contribution in [3.8, 4) is 5.69 Å². The van der Waals surface area contributed by atoms with Crippen LogP contribution in [-0.2, 0) is 0 Å². The number of benzene rings is 1. The summed E-state index contributed by atoms with van der Waals surface area (Å²) in [5, 5.41) is 26.9. The first kappa shape index (κ1) is 16.6. The predicted octanol–water partition coefficient (Wildman–Crippen LogP) is 3.07. The monoisotopic (exact) mass is 364 g/mol. The first-order chi connectivity index (χ1) is 11.7. The normalized spacial score (nSPS) is 11.0. The Morgan fingerprint density at radius 1 is 1.20 bits per heavy atom. The second-order valence-corrected chi connectivity index (χ2v) is 5.62. The van der Waals surface area contributed by atoms with Crippen molar-refractivity contribution in [2.75, 3.05) is 0 Å². The fraction of sp³-hybridized carbons (Fsp3) is 0.143. The molecule has 0 bridgehead atoms. The summed E-state index contributed by atoms with van der Waals surface area (Å²) >= 11 is 5.80. The highest BCUT2D eigenvalue weighted by molar-refractivity contribution is 6.30. The van der Waals surface area contributed by atoms with Crippen LogP contribution in [0.5, 0.6) is 0 Å². The highest BCUT2D eigenvalue weighted by atomic mass is 35.5. The third-order valence-electron chi connectivity index (χ3n) is 3.68. The van der Waals surface area contributed by atoms with Gasteiger partial charge in [-0.2, -0.15) is 9.78 Å². The van der Waals surface area contributed by atoms with E-state index in [0.29, 0.717) is 5.69 Å². The molecule has 3 aromatic rings. The standard InChI is InChI=1S/C14H9ClN4O6/c1-6-11-7(2)16-17(13(11)25-14(20)12(6)19(23)24)9-4-3-8(15)5-10(9)18(21)22/h3-5H,1-2H3. The number of rotatable bonds is 3. The Morgan fingerprint density at radius 2 is 1.88 bits per heavy atom. The number of fused-ring (bicyclic) bond motifs is 1. The molecule has 2 aromatic heterocycles. The number of nitro benzene ring substituents is 1. The molecule has 0 fully saturated rings. The zero-order valence-electron chi connectivity index (χ0n) is 12.8. The van der Waals surface area contributed by atoms with E-state index in [2.05, 4.69) is 5.10 Å². The third-order valence-corrected chi connectivity index (χ3v) is 3.91. The van der Waals surface area contributed by atoms with Crippen LogP contribution in [0.2, 0.25) is 5.02 Å². The van der Waals surface area contributed by atoms with Gasteiger partial charge in [0, 0.05) is 16.7 Å². The number of hydrogen-bond donors (Lipinski definition) is 0. The largest absolute Gasteiger partial charge is 0.416 e. The molecule has 0 saturated carbocycles. The molecule has 2 heterocycles. The average Bonchev–Trinajstić information content (AvgIpc) is 2.83. The Kier molecular flexibility index (Phi) is 3.76. The molecule has 0 aliphatic rings. The van der Waals surface area contributed by atoms with Crippen molar-refractivity contribution in [3.05, 3.63) is 65.1 Å². The van der Waals surface area contributed by atoms with Crippen molar-refractivity contribution in [3.63, 3.8) is 0 Å². The van der Waals surface area contributed by atoms with E-state index in [-0.39, 0.29) is 33.1 Å². The van der Waals surface area contributed by atoms with E-state index in [1.807, 2.05) is 0 Å². The molecular formula is C14H9ClN4O6. The molecule has 0 atom stereocenters. The molecule has 0 spiro atoms. The van der Waals surface area contributed by atoms with Gasteiger partial charge in [-0.15, -0.1) is 0 Å².